The van der Waals surface area contributed by atoms with Gasteiger partial charge in [-0.3, -0.25) is 14.8 Å². The van der Waals surface area contributed by atoms with E-state index in [4.69, 9.17) is 27.9 Å². The van der Waals surface area contributed by atoms with E-state index in [0.29, 0.717) is 33.4 Å². The lowest BCUT2D eigenvalue weighted by molar-refractivity contribution is -0.130. The van der Waals surface area contributed by atoms with Gasteiger partial charge in [-0.05, 0) is 60.5 Å². The molecular formula is C21H20BrCl2N3O2. The van der Waals surface area contributed by atoms with Crippen molar-refractivity contribution in [2.45, 2.75) is 38.8 Å². The van der Waals surface area contributed by atoms with Crippen LogP contribution in [-0.4, -0.2) is 22.0 Å². The van der Waals surface area contributed by atoms with Gasteiger partial charge in [0.05, 0.1) is 21.8 Å². The number of nitrogens with one attached hydrogen (secondary N) is 1. The van der Waals surface area contributed by atoms with Crippen LogP contribution >= 0.6 is 39.1 Å². The number of pyridine rings is 2. The van der Waals surface area contributed by atoms with Gasteiger partial charge in [-0.1, -0.05) is 30.1 Å². The number of halogens is 3. The first-order chi connectivity index (χ1) is 13.7. The molecule has 3 aromatic rings. The van der Waals surface area contributed by atoms with E-state index in [1.165, 1.54) is 0 Å². The summed E-state index contributed by atoms with van der Waals surface area (Å²) in [5.41, 5.74) is 0.625. The van der Waals surface area contributed by atoms with Crippen LogP contribution in [0.25, 0.3) is 10.9 Å². The fraction of sp³-hybridized carbons (Fsp3) is 0.286. The quantitative estimate of drug-likeness (QED) is 0.460. The molecule has 8 heteroatoms. The van der Waals surface area contributed by atoms with Crippen molar-refractivity contribution in [1.29, 1.82) is 0 Å². The molecule has 0 bridgehead atoms. The van der Waals surface area contributed by atoms with Crippen LogP contribution in [0.2, 0.25) is 10.0 Å². The van der Waals surface area contributed by atoms with Crippen LogP contribution in [0, 0.1) is 0 Å². The highest BCUT2D eigenvalue weighted by Crippen LogP contribution is 2.30. The number of nitrogens with zero attached hydrogens (tertiary/aromatic N) is 2. The fourth-order valence-corrected chi connectivity index (χ4v) is 3.68. The van der Waals surface area contributed by atoms with E-state index in [1.807, 2.05) is 32.9 Å². The third-order valence-electron chi connectivity index (χ3n) is 4.42. The standard InChI is InChI=1S/C21H20BrCl2N3O2/c1-4-17(20(28)27-21(2,3)18-9-14(23)5-6-25-18)29-15-8-12-7-13(22)11-26-19(12)16(24)10-15/h5-11,17H,4H2,1-3H3,(H,27,28)/t17-/m1/s1. The summed E-state index contributed by atoms with van der Waals surface area (Å²) in [4.78, 5) is 21.5. The molecule has 5 nitrogen and oxygen atoms in total. The first-order valence-electron chi connectivity index (χ1n) is 9.05. The minimum absolute atomic E-state index is 0.247. The lowest BCUT2D eigenvalue weighted by Crippen LogP contribution is -2.47. The highest BCUT2D eigenvalue weighted by molar-refractivity contribution is 9.10. The Labute approximate surface area is 187 Å². The maximum absolute atomic E-state index is 12.9. The van der Waals surface area contributed by atoms with Crippen molar-refractivity contribution in [1.82, 2.24) is 15.3 Å². The summed E-state index contributed by atoms with van der Waals surface area (Å²) >= 11 is 15.8. The Morgan fingerprint density at radius 1 is 1.24 bits per heavy atom. The van der Waals surface area contributed by atoms with E-state index in [1.54, 1.807) is 30.6 Å². The van der Waals surface area contributed by atoms with Gasteiger partial charge in [-0.15, -0.1) is 0 Å². The SMILES string of the molecule is CC[C@@H](Oc1cc(Cl)c2ncc(Br)cc2c1)C(=O)NC(C)(C)c1cc(Cl)ccn1. The molecule has 0 aliphatic heterocycles. The molecule has 0 spiro atoms. The molecule has 29 heavy (non-hydrogen) atoms. The molecular weight excluding hydrogens is 477 g/mol. The second kappa shape index (κ2) is 8.86. The number of carbonyl (C=O) groups is 1. The van der Waals surface area contributed by atoms with E-state index in [0.717, 1.165) is 9.86 Å². The van der Waals surface area contributed by atoms with E-state index < -0.39 is 11.6 Å². The molecule has 1 atom stereocenters. The fourth-order valence-electron chi connectivity index (χ4n) is 2.91. The lowest BCUT2D eigenvalue weighted by atomic mass is 9.99. The van der Waals surface area contributed by atoms with Gasteiger partial charge < -0.3 is 10.1 Å². The minimum Gasteiger partial charge on any atom is -0.481 e. The van der Waals surface area contributed by atoms with Gasteiger partial charge in [0.15, 0.2) is 6.10 Å². The zero-order valence-electron chi connectivity index (χ0n) is 16.2. The van der Waals surface area contributed by atoms with E-state index in [-0.39, 0.29) is 5.91 Å². The van der Waals surface area contributed by atoms with Crippen molar-refractivity contribution in [3.8, 4) is 5.75 Å². The van der Waals surface area contributed by atoms with Crippen molar-refractivity contribution in [3.05, 3.63) is 62.9 Å². The average molecular weight is 497 g/mol. The predicted octanol–water partition coefficient (Wildman–Crippen LogP) is 5.91. The molecule has 1 N–H and O–H groups in total. The smallest absolute Gasteiger partial charge is 0.261 e. The molecule has 0 aliphatic rings. The van der Waals surface area contributed by atoms with Gasteiger partial charge in [0.1, 0.15) is 5.75 Å². The number of hydrogen-bond acceptors (Lipinski definition) is 4. The molecule has 1 amide bonds. The molecule has 0 radical (unpaired) electrons. The summed E-state index contributed by atoms with van der Waals surface area (Å²) in [6.07, 6.45) is 3.09. The third-order valence-corrected chi connectivity index (χ3v) is 5.37. The van der Waals surface area contributed by atoms with E-state index in [2.05, 4.69) is 31.2 Å². The van der Waals surface area contributed by atoms with Gasteiger partial charge in [-0.25, -0.2) is 0 Å². The molecule has 0 unspecified atom stereocenters. The maximum Gasteiger partial charge on any atom is 0.261 e. The third kappa shape index (κ3) is 5.18. The Balaban J connectivity index is 1.80. The number of benzene rings is 1. The molecule has 152 valence electrons. The van der Waals surface area contributed by atoms with E-state index >= 15 is 0 Å². The topological polar surface area (TPSA) is 64.1 Å². The van der Waals surface area contributed by atoms with Gasteiger partial charge in [-0.2, -0.15) is 0 Å². The summed E-state index contributed by atoms with van der Waals surface area (Å²) in [7, 11) is 0. The van der Waals surface area contributed by atoms with Crippen molar-refractivity contribution in [2.75, 3.05) is 0 Å². The monoisotopic (exact) mass is 495 g/mol. The molecule has 0 fully saturated rings. The number of amides is 1. The Morgan fingerprint density at radius 3 is 2.69 bits per heavy atom. The molecule has 0 saturated carbocycles. The Kier molecular flexibility index (Phi) is 6.66. The minimum atomic E-state index is -0.714. The van der Waals surface area contributed by atoms with Crippen LogP contribution in [0.1, 0.15) is 32.9 Å². The van der Waals surface area contributed by atoms with E-state index in [9.17, 15) is 4.79 Å². The first-order valence-corrected chi connectivity index (χ1v) is 10.6. The molecule has 0 aliphatic carbocycles. The van der Waals surface area contributed by atoms with Crippen LogP contribution in [0.15, 0.2) is 47.2 Å². The van der Waals surface area contributed by atoms with Gasteiger partial charge >= 0.3 is 0 Å². The van der Waals surface area contributed by atoms with Crippen LogP contribution in [0.4, 0.5) is 0 Å². The average Bonchev–Trinajstić information content (AvgIpc) is 2.65. The summed E-state index contributed by atoms with van der Waals surface area (Å²) in [6, 6.07) is 8.81. The summed E-state index contributed by atoms with van der Waals surface area (Å²) in [5, 5.41) is 4.84. The first kappa shape index (κ1) is 21.8. The zero-order chi connectivity index (χ0) is 21.2. The molecule has 3 rings (SSSR count). The van der Waals surface area contributed by atoms with Gasteiger partial charge in [0, 0.05) is 33.3 Å². The predicted molar refractivity (Wildman–Crippen MR) is 120 cm³/mol. The van der Waals surface area contributed by atoms with Crippen LogP contribution < -0.4 is 10.1 Å². The number of hydrogen-bond donors (Lipinski definition) is 1. The van der Waals surface area contributed by atoms with Crippen molar-refractivity contribution in [3.63, 3.8) is 0 Å². The Morgan fingerprint density at radius 2 is 2.00 bits per heavy atom. The molecule has 1 aromatic carbocycles. The Bertz CT molecular complexity index is 1060. The summed E-state index contributed by atoms with van der Waals surface area (Å²) in [5.74, 6) is 0.256. The molecule has 2 aromatic heterocycles. The van der Waals surface area contributed by atoms with Crippen molar-refractivity contribution in [2.24, 2.45) is 0 Å². The number of ether oxygens (including phenoxy) is 1. The number of aromatic nitrogens is 2. The van der Waals surface area contributed by atoms with Crippen LogP contribution in [0.3, 0.4) is 0 Å². The lowest BCUT2D eigenvalue weighted by Gasteiger charge is -2.28. The van der Waals surface area contributed by atoms with Gasteiger partial charge in [0.25, 0.3) is 5.91 Å². The summed E-state index contributed by atoms with van der Waals surface area (Å²) < 4.78 is 6.81. The van der Waals surface area contributed by atoms with Crippen LogP contribution in [0.5, 0.6) is 5.75 Å². The maximum atomic E-state index is 12.9. The number of carbonyl (C=O) groups excluding carboxylic acids is 1. The highest BCUT2D eigenvalue weighted by atomic mass is 79.9. The zero-order valence-corrected chi connectivity index (χ0v) is 19.3. The number of rotatable bonds is 6. The van der Waals surface area contributed by atoms with Crippen molar-refractivity contribution < 1.29 is 9.53 Å². The highest BCUT2D eigenvalue weighted by Gasteiger charge is 2.29. The Hall–Kier alpha value is -1.89. The number of fused-ring (bicyclic) bond motifs is 1. The second-order valence-electron chi connectivity index (χ2n) is 7.12. The largest absolute Gasteiger partial charge is 0.481 e. The van der Waals surface area contributed by atoms with Crippen LogP contribution in [-0.2, 0) is 10.3 Å². The molecule has 0 saturated heterocycles. The summed E-state index contributed by atoms with van der Waals surface area (Å²) in [6.45, 7) is 5.62. The van der Waals surface area contributed by atoms with Crippen molar-refractivity contribution >= 4 is 55.9 Å². The molecule has 2 heterocycles. The normalized spacial score (nSPS) is 12.6. The second-order valence-corrected chi connectivity index (χ2v) is 8.88. The van der Waals surface area contributed by atoms with Gasteiger partial charge in [0.2, 0.25) is 0 Å².